The number of rotatable bonds is 6. The standard InChI is InChI=1S/C18H15ClFN4O6PS/c1-31(26,27)30-32(28,29)12-5-3-11(4-6-12)23-18(25)16-17(21)22-9-15(24-16)13-8-10(20)2-7-14(13)19/h2-9H,1H3,(H2,21,22)(H,23,25)(H,26,27). The minimum atomic E-state index is -4.48. The Labute approximate surface area is 186 Å². The molecule has 1 atom stereocenters. The Hall–Kier alpha value is -2.89. The van der Waals surface area contributed by atoms with E-state index in [9.17, 15) is 22.2 Å². The van der Waals surface area contributed by atoms with Crippen LogP contribution in [0.5, 0.6) is 0 Å². The van der Waals surface area contributed by atoms with Crippen molar-refractivity contribution in [2.24, 2.45) is 0 Å². The molecule has 168 valence electrons. The summed E-state index contributed by atoms with van der Waals surface area (Å²) in [6.45, 7) is 0.732. The Bertz CT molecular complexity index is 1350. The van der Waals surface area contributed by atoms with Gasteiger partial charge >= 0.3 is 17.7 Å². The SMILES string of the molecule is CP(=O)(O)OS(=O)(=O)c1ccc(NC(=O)c2nc(-c3cc(F)ccc3Cl)cnc2N)cc1. The quantitative estimate of drug-likeness (QED) is 0.431. The highest BCUT2D eigenvalue weighted by Gasteiger charge is 2.25. The van der Waals surface area contributed by atoms with Gasteiger partial charge < -0.3 is 15.9 Å². The van der Waals surface area contributed by atoms with Crippen LogP contribution in [0.25, 0.3) is 11.3 Å². The molecule has 0 bridgehead atoms. The van der Waals surface area contributed by atoms with Gasteiger partial charge in [-0.3, -0.25) is 9.36 Å². The van der Waals surface area contributed by atoms with Crippen LogP contribution >= 0.6 is 19.2 Å². The summed E-state index contributed by atoms with van der Waals surface area (Å²) in [4.78, 5) is 29.4. The Morgan fingerprint density at radius 2 is 1.91 bits per heavy atom. The van der Waals surface area contributed by atoms with E-state index in [1.165, 1.54) is 30.5 Å². The van der Waals surface area contributed by atoms with Crippen molar-refractivity contribution >= 4 is 46.7 Å². The molecule has 10 nitrogen and oxygen atoms in total. The number of nitrogens with two attached hydrogens (primary N) is 1. The summed E-state index contributed by atoms with van der Waals surface area (Å²) in [5.74, 6) is -1.54. The topological polar surface area (TPSA) is 162 Å². The fourth-order valence-corrected chi connectivity index (χ4v) is 4.99. The zero-order valence-corrected chi connectivity index (χ0v) is 18.7. The van der Waals surface area contributed by atoms with Gasteiger partial charge in [-0.15, -0.1) is 0 Å². The summed E-state index contributed by atoms with van der Waals surface area (Å²) in [6, 6.07) is 8.21. The third-order valence-corrected chi connectivity index (χ3v) is 6.93. The maximum Gasteiger partial charge on any atom is 0.339 e. The molecule has 1 unspecified atom stereocenters. The molecule has 32 heavy (non-hydrogen) atoms. The Morgan fingerprint density at radius 1 is 1.25 bits per heavy atom. The first-order chi connectivity index (χ1) is 14.9. The van der Waals surface area contributed by atoms with Crippen LogP contribution in [0.3, 0.4) is 0 Å². The maximum absolute atomic E-state index is 13.6. The number of anilines is 2. The molecule has 14 heteroatoms. The van der Waals surface area contributed by atoms with Gasteiger partial charge in [-0.25, -0.2) is 14.4 Å². The molecule has 2 aromatic carbocycles. The smallest absolute Gasteiger partial charge is 0.339 e. The number of benzene rings is 2. The second-order valence-electron chi connectivity index (χ2n) is 6.42. The number of carbonyl (C=O) groups excluding carboxylic acids is 1. The van der Waals surface area contributed by atoms with Crippen molar-refractivity contribution < 1.29 is 31.0 Å². The van der Waals surface area contributed by atoms with Crippen LogP contribution in [0.1, 0.15) is 10.5 Å². The highest BCUT2D eigenvalue weighted by Crippen LogP contribution is 2.40. The van der Waals surface area contributed by atoms with Crippen LogP contribution < -0.4 is 11.1 Å². The molecule has 1 heterocycles. The van der Waals surface area contributed by atoms with Crippen LogP contribution in [0.2, 0.25) is 5.02 Å². The third-order valence-electron chi connectivity index (χ3n) is 3.86. The number of hydrogen-bond acceptors (Lipinski definition) is 8. The molecule has 0 fully saturated rings. The Morgan fingerprint density at radius 3 is 2.53 bits per heavy atom. The van der Waals surface area contributed by atoms with Gasteiger partial charge in [0.1, 0.15) is 5.82 Å². The number of nitrogens with one attached hydrogen (secondary N) is 1. The molecule has 3 aromatic rings. The lowest BCUT2D eigenvalue weighted by Gasteiger charge is -2.10. The number of carbonyl (C=O) groups is 1. The molecular formula is C18H15ClFN4O6PS. The van der Waals surface area contributed by atoms with Crippen molar-refractivity contribution in [1.29, 1.82) is 0 Å². The molecule has 0 radical (unpaired) electrons. The number of aromatic nitrogens is 2. The number of nitrogens with zero attached hydrogens (tertiary/aromatic N) is 2. The van der Waals surface area contributed by atoms with Crippen molar-refractivity contribution in [3.05, 3.63) is 65.2 Å². The minimum absolute atomic E-state index is 0.112. The Balaban J connectivity index is 1.85. The summed E-state index contributed by atoms with van der Waals surface area (Å²) in [6.07, 6.45) is 1.24. The first-order valence-electron chi connectivity index (χ1n) is 8.61. The maximum atomic E-state index is 13.6. The first-order valence-corrected chi connectivity index (χ1v) is 12.4. The second-order valence-corrected chi connectivity index (χ2v) is 10.4. The van der Waals surface area contributed by atoms with E-state index < -0.39 is 34.3 Å². The summed E-state index contributed by atoms with van der Waals surface area (Å²) in [5, 5.41) is 2.65. The van der Waals surface area contributed by atoms with E-state index in [1.807, 2.05) is 0 Å². The fraction of sp³-hybridized carbons (Fsp3) is 0.0556. The molecule has 0 saturated heterocycles. The third kappa shape index (κ3) is 5.67. The first kappa shape index (κ1) is 23.8. The van der Waals surface area contributed by atoms with Crippen LogP contribution in [0, 0.1) is 5.82 Å². The average molecular weight is 501 g/mol. The minimum Gasteiger partial charge on any atom is -0.382 e. The van der Waals surface area contributed by atoms with Crippen molar-refractivity contribution in [2.75, 3.05) is 17.7 Å². The van der Waals surface area contributed by atoms with E-state index in [1.54, 1.807) is 0 Å². The predicted molar refractivity (Wildman–Crippen MR) is 115 cm³/mol. The number of nitrogen functional groups attached to an aromatic ring is 1. The predicted octanol–water partition coefficient (Wildman–Crippen LogP) is 3.29. The van der Waals surface area contributed by atoms with Gasteiger partial charge in [0.05, 0.1) is 21.8 Å². The summed E-state index contributed by atoms with van der Waals surface area (Å²) in [7, 11) is -8.77. The van der Waals surface area contributed by atoms with Gasteiger partial charge in [0.2, 0.25) is 0 Å². The summed E-state index contributed by atoms with van der Waals surface area (Å²) in [5.41, 5.74) is 5.95. The molecule has 3 rings (SSSR count). The van der Waals surface area contributed by atoms with Crippen molar-refractivity contribution in [1.82, 2.24) is 9.97 Å². The molecule has 0 spiro atoms. The van der Waals surface area contributed by atoms with Crippen LogP contribution in [0.4, 0.5) is 15.9 Å². The Kier molecular flexibility index (Phi) is 6.63. The van der Waals surface area contributed by atoms with Crippen LogP contribution in [-0.2, 0) is 18.7 Å². The van der Waals surface area contributed by atoms with Gasteiger partial charge in [-0.2, -0.15) is 12.4 Å². The molecular weight excluding hydrogens is 486 g/mol. The van der Waals surface area contributed by atoms with Gasteiger partial charge in [-0.05, 0) is 42.5 Å². The number of halogens is 2. The monoisotopic (exact) mass is 500 g/mol. The van der Waals surface area contributed by atoms with Crippen LogP contribution in [0.15, 0.2) is 53.6 Å². The molecule has 0 saturated carbocycles. The van der Waals surface area contributed by atoms with Gasteiger partial charge in [0.15, 0.2) is 11.5 Å². The van der Waals surface area contributed by atoms with Crippen molar-refractivity contribution in [2.45, 2.75) is 4.90 Å². The van der Waals surface area contributed by atoms with Gasteiger partial charge in [-0.1, -0.05) is 11.6 Å². The number of amides is 1. The van der Waals surface area contributed by atoms with E-state index in [2.05, 4.69) is 19.3 Å². The number of hydrogen-bond donors (Lipinski definition) is 3. The van der Waals surface area contributed by atoms with E-state index >= 15 is 0 Å². The zero-order valence-electron chi connectivity index (χ0n) is 16.2. The van der Waals surface area contributed by atoms with E-state index in [-0.39, 0.29) is 33.5 Å². The zero-order chi connectivity index (χ0) is 23.7. The second kappa shape index (κ2) is 8.93. The lowest BCUT2D eigenvalue weighted by molar-refractivity contribution is 0.102. The normalized spacial score (nSPS) is 13.4. The summed E-state index contributed by atoms with van der Waals surface area (Å²) >= 11 is 6.07. The lowest BCUT2D eigenvalue weighted by Crippen LogP contribution is -2.17. The fourth-order valence-electron chi connectivity index (χ4n) is 2.51. The molecule has 1 amide bonds. The van der Waals surface area contributed by atoms with Crippen molar-refractivity contribution in [3.63, 3.8) is 0 Å². The van der Waals surface area contributed by atoms with Crippen molar-refractivity contribution in [3.8, 4) is 11.3 Å². The van der Waals surface area contributed by atoms with E-state index in [0.29, 0.717) is 0 Å². The van der Waals surface area contributed by atoms with E-state index in [0.717, 1.165) is 24.9 Å². The molecule has 0 aliphatic heterocycles. The molecule has 4 N–H and O–H groups in total. The highest BCUT2D eigenvalue weighted by molar-refractivity contribution is 7.91. The summed E-state index contributed by atoms with van der Waals surface area (Å²) < 4.78 is 52.9. The molecule has 1 aromatic heterocycles. The highest BCUT2D eigenvalue weighted by atomic mass is 35.5. The van der Waals surface area contributed by atoms with Crippen LogP contribution in [-0.4, -0.2) is 35.9 Å². The molecule has 0 aliphatic carbocycles. The van der Waals surface area contributed by atoms with E-state index in [4.69, 9.17) is 22.2 Å². The average Bonchev–Trinajstić information content (AvgIpc) is 2.69. The van der Waals surface area contributed by atoms with Gasteiger partial charge in [0.25, 0.3) is 5.91 Å². The van der Waals surface area contributed by atoms with Gasteiger partial charge in [0, 0.05) is 17.9 Å². The largest absolute Gasteiger partial charge is 0.382 e. The molecule has 0 aliphatic rings. The lowest BCUT2D eigenvalue weighted by atomic mass is 10.1.